The van der Waals surface area contributed by atoms with Gasteiger partial charge >= 0.3 is 0 Å². The predicted octanol–water partition coefficient (Wildman–Crippen LogP) is 3.15. The van der Waals surface area contributed by atoms with E-state index in [9.17, 15) is 0 Å². The summed E-state index contributed by atoms with van der Waals surface area (Å²) < 4.78 is 5.42. The van der Waals surface area contributed by atoms with Crippen LogP contribution in [0, 0.1) is 0 Å². The lowest BCUT2D eigenvalue weighted by Crippen LogP contribution is -2.12. The number of aryl methyl sites for hydroxylation is 1. The monoisotopic (exact) mass is 213 g/mol. The molecule has 2 aromatic rings. The Bertz CT molecular complexity index is 487. The Morgan fingerprint density at radius 2 is 2.25 bits per heavy atom. The van der Waals surface area contributed by atoms with Gasteiger partial charge in [0.15, 0.2) is 0 Å². The van der Waals surface area contributed by atoms with Crippen LogP contribution < -0.4 is 5.32 Å². The molecule has 0 saturated carbocycles. The van der Waals surface area contributed by atoms with Gasteiger partial charge in [0.25, 0.3) is 0 Å². The van der Waals surface area contributed by atoms with Crippen LogP contribution in [0.3, 0.4) is 0 Å². The first-order chi connectivity index (χ1) is 7.88. The molecule has 0 spiro atoms. The number of hydrogen-bond donors (Lipinski definition) is 1. The van der Waals surface area contributed by atoms with Crippen LogP contribution in [-0.4, -0.2) is 7.05 Å². The number of furan rings is 1. The van der Waals surface area contributed by atoms with Crippen molar-refractivity contribution in [1.29, 1.82) is 0 Å². The molecule has 82 valence electrons. The lowest BCUT2D eigenvalue weighted by Gasteiger charge is -2.10. The normalized spacial score (nSPS) is 18.7. The van der Waals surface area contributed by atoms with E-state index in [0.29, 0.717) is 6.04 Å². The van der Waals surface area contributed by atoms with E-state index in [1.54, 1.807) is 6.26 Å². The molecule has 0 saturated heterocycles. The molecule has 2 heteroatoms. The molecule has 1 aromatic heterocycles. The molecule has 3 rings (SSSR count). The molecule has 16 heavy (non-hydrogen) atoms. The van der Waals surface area contributed by atoms with E-state index in [0.717, 1.165) is 12.2 Å². The van der Waals surface area contributed by atoms with Crippen LogP contribution in [0.25, 0.3) is 11.3 Å². The lowest BCUT2D eigenvalue weighted by atomic mass is 10.0. The minimum absolute atomic E-state index is 0.528. The van der Waals surface area contributed by atoms with Crippen molar-refractivity contribution in [3.05, 3.63) is 47.7 Å². The van der Waals surface area contributed by atoms with Crippen molar-refractivity contribution in [1.82, 2.24) is 5.32 Å². The molecule has 1 atom stereocenters. The molecule has 1 N–H and O–H groups in total. The average molecular weight is 213 g/mol. The predicted molar refractivity (Wildman–Crippen MR) is 64.3 cm³/mol. The quantitative estimate of drug-likeness (QED) is 0.829. The van der Waals surface area contributed by atoms with Crippen LogP contribution in [0.15, 0.2) is 41.0 Å². The summed E-state index contributed by atoms with van der Waals surface area (Å²) in [5.74, 6) is 0.954. The van der Waals surface area contributed by atoms with E-state index in [1.165, 1.54) is 23.1 Å². The van der Waals surface area contributed by atoms with Gasteiger partial charge in [-0.05, 0) is 49.2 Å². The summed E-state index contributed by atoms with van der Waals surface area (Å²) in [6, 6.07) is 11.1. The minimum atomic E-state index is 0.528. The van der Waals surface area contributed by atoms with Crippen LogP contribution in [0.1, 0.15) is 23.6 Å². The number of rotatable bonds is 2. The van der Waals surface area contributed by atoms with E-state index in [2.05, 4.69) is 23.5 Å². The first-order valence-electron chi connectivity index (χ1n) is 5.72. The Balaban J connectivity index is 2.01. The minimum Gasteiger partial charge on any atom is -0.464 e. The standard InChI is InChI=1S/C14H15NO/c1-15-13-7-5-10-9-11(4-6-12(10)13)14-3-2-8-16-14/h2-4,6,8-9,13,15H,5,7H2,1H3. The van der Waals surface area contributed by atoms with Gasteiger partial charge in [-0.2, -0.15) is 0 Å². The molecule has 1 aliphatic carbocycles. The first kappa shape index (κ1) is 9.67. The molecule has 0 aliphatic heterocycles. The summed E-state index contributed by atoms with van der Waals surface area (Å²) in [7, 11) is 2.03. The Hall–Kier alpha value is -1.54. The van der Waals surface area contributed by atoms with E-state index in [1.807, 2.05) is 19.2 Å². The Labute approximate surface area is 95.3 Å². The fraction of sp³-hybridized carbons (Fsp3) is 0.286. The summed E-state index contributed by atoms with van der Waals surface area (Å²) >= 11 is 0. The van der Waals surface area contributed by atoms with E-state index < -0.39 is 0 Å². The van der Waals surface area contributed by atoms with Crippen LogP contribution in [0.5, 0.6) is 0 Å². The van der Waals surface area contributed by atoms with Crippen LogP contribution >= 0.6 is 0 Å². The van der Waals surface area contributed by atoms with Crippen molar-refractivity contribution < 1.29 is 4.42 Å². The van der Waals surface area contributed by atoms with Gasteiger partial charge in [0.2, 0.25) is 0 Å². The molecular weight excluding hydrogens is 198 g/mol. The first-order valence-corrected chi connectivity index (χ1v) is 5.72. The van der Waals surface area contributed by atoms with Gasteiger partial charge in [-0.25, -0.2) is 0 Å². The van der Waals surface area contributed by atoms with Gasteiger partial charge in [0.1, 0.15) is 5.76 Å². The second-order valence-corrected chi connectivity index (χ2v) is 4.27. The third-order valence-corrected chi connectivity index (χ3v) is 3.37. The maximum Gasteiger partial charge on any atom is 0.133 e. The highest BCUT2D eigenvalue weighted by Gasteiger charge is 2.21. The summed E-state index contributed by atoms with van der Waals surface area (Å²) in [6.45, 7) is 0. The number of fused-ring (bicyclic) bond motifs is 1. The van der Waals surface area contributed by atoms with Crippen molar-refractivity contribution in [3.63, 3.8) is 0 Å². The number of benzene rings is 1. The highest BCUT2D eigenvalue weighted by molar-refractivity contribution is 5.60. The summed E-state index contributed by atoms with van der Waals surface area (Å²) in [5, 5.41) is 3.35. The van der Waals surface area contributed by atoms with Crippen molar-refractivity contribution in [2.75, 3.05) is 7.05 Å². The summed E-state index contributed by atoms with van der Waals surface area (Å²) in [5.41, 5.74) is 4.08. The van der Waals surface area contributed by atoms with E-state index in [4.69, 9.17) is 4.42 Å². The van der Waals surface area contributed by atoms with Gasteiger partial charge in [0.05, 0.1) is 6.26 Å². The zero-order valence-electron chi connectivity index (χ0n) is 9.36. The second-order valence-electron chi connectivity index (χ2n) is 4.27. The van der Waals surface area contributed by atoms with Crippen molar-refractivity contribution in [2.45, 2.75) is 18.9 Å². The summed E-state index contributed by atoms with van der Waals surface area (Å²) in [6.07, 6.45) is 4.09. The Morgan fingerprint density at radius 3 is 3.00 bits per heavy atom. The smallest absolute Gasteiger partial charge is 0.133 e. The molecule has 2 nitrogen and oxygen atoms in total. The average Bonchev–Trinajstić information content (AvgIpc) is 2.97. The highest BCUT2D eigenvalue weighted by Crippen LogP contribution is 2.33. The fourth-order valence-corrected chi connectivity index (χ4v) is 2.51. The summed E-state index contributed by atoms with van der Waals surface area (Å²) in [4.78, 5) is 0. The molecule has 0 fully saturated rings. The number of hydrogen-bond acceptors (Lipinski definition) is 2. The van der Waals surface area contributed by atoms with Gasteiger partial charge in [-0.3, -0.25) is 0 Å². The van der Waals surface area contributed by atoms with Crippen molar-refractivity contribution >= 4 is 0 Å². The molecule has 1 aliphatic rings. The molecule has 0 radical (unpaired) electrons. The fourth-order valence-electron chi connectivity index (χ4n) is 2.51. The number of nitrogens with one attached hydrogen (secondary N) is 1. The zero-order valence-corrected chi connectivity index (χ0v) is 9.36. The largest absolute Gasteiger partial charge is 0.464 e. The van der Waals surface area contributed by atoms with E-state index in [-0.39, 0.29) is 0 Å². The third-order valence-electron chi connectivity index (χ3n) is 3.37. The highest BCUT2D eigenvalue weighted by atomic mass is 16.3. The molecule has 0 amide bonds. The zero-order chi connectivity index (χ0) is 11.0. The van der Waals surface area contributed by atoms with Crippen LogP contribution in [0.2, 0.25) is 0 Å². The third kappa shape index (κ3) is 1.46. The maximum absolute atomic E-state index is 5.42. The van der Waals surface area contributed by atoms with Crippen LogP contribution in [0.4, 0.5) is 0 Å². The van der Waals surface area contributed by atoms with Crippen molar-refractivity contribution in [3.8, 4) is 11.3 Å². The van der Waals surface area contributed by atoms with Gasteiger partial charge < -0.3 is 9.73 Å². The molecule has 1 heterocycles. The SMILES string of the molecule is CNC1CCc2cc(-c3ccco3)ccc21. The second kappa shape index (κ2) is 3.80. The van der Waals surface area contributed by atoms with E-state index >= 15 is 0 Å². The van der Waals surface area contributed by atoms with Gasteiger partial charge in [-0.1, -0.05) is 12.1 Å². The maximum atomic E-state index is 5.42. The van der Waals surface area contributed by atoms with Crippen molar-refractivity contribution in [2.24, 2.45) is 0 Å². The van der Waals surface area contributed by atoms with Crippen LogP contribution in [-0.2, 0) is 6.42 Å². The molecule has 0 bridgehead atoms. The Kier molecular flexibility index (Phi) is 2.29. The molecule has 1 aromatic carbocycles. The molecular formula is C14H15NO. The molecule has 1 unspecified atom stereocenters. The lowest BCUT2D eigenvalue weighted by molar-refractivity contribution is 0.582. The topological polar surface area (TPSA) is 25.2 Å². The van der Waals surface area contributed by atoms with Gasteiger partial charge in [0, 0.05) is 11.6 Å². The Morgan fingerprint density at radius 1 is 1.31 bits per heavy atom. The van der Waals surface area contributed by atoms with Gasteiger partial charge in [-0.15, -0.1) is 0 Å².